The molecule has 1 heterocycles. The average molecular weight is 259 g/mol. The van der Waals surface area contributed by atoms with Crippen molar-refractivity contribution in [3.63, 3.8) is 0 Å². The van der Waals surface area contributed by atoms with E-state index in [0.717, 1.165) is 6.07 Å². The lowest BCUT2D eigenvalue weighted by Gasteiger charge is -2.29. The van der Waals surface area contributed by atoms with Crippen LogP contribution in [0.3, 0.4) is 0 Å². The Labute approximate surface area is 102 Å². The van der Waals surface area contributed by atoms with Crippen molar-refractivity contribution in [3.05, 3.63) is 29.3 Å². The highest BCUT2D eigenvalue weighted by molar-refractivity contribution is 6.74. The second-order valence-electron chi connectivity index (χ2n) is 4.01. The van der Waals surface area contributed by atoms with E-state index in [9.17, 15) is 17.7 Å². The molecule has 1 unspecified atom stereocenters. The Balaban J connectivity index is 2.50. The summed E-state index contributed by atoms with van der Waals surface area (Å²) >= 11 is 0. The molecule has 1 aliphatic rings. The Hall–Kier alpha value is -1.50. The quantitative estimate of drug-likeness (QED) is 0.596. The number of carbonyl (C=O) groups is 1. The average Bonchev–Trinajstić information content (AvgIpc) is 2.35. The van der Waals surface area contributed by atoms with Gasteiger partial charge in [-0.05, 0) is 12.0 Å². The highest BCUT2D eigenvalue weighted by Gasteiger charge is 2.34. The maximum absolute atomic E-state index is 12.9. The summed E-state index contributed by atoms with van der Waals surface area (Å²) in [6.07, 6.45) is -0.905. The summed E-state index contributed by atoms with van der Waals surface area (Å²) in [6, 6.07) is 3.80. The number of hydrogen-bond acceptors (Lipinski definition) is 3. The van der Waals surface area contributed by atoms with Gasteiger partial charge in [-0.15, -0.1) is 5.46 Å². The van der Waals surface area contributed by atoms with Gasteiger partial charge in [-0.25, -0.2) is 4.79 Å². The molecular weight excluding hydrogens is 248 g/mol. The first-order valence-electron chi connectivity index (χ1n) is 5.46. The van der Waals surface area contributed by atoms with Crippen molar-refractivity contribution < 1.29 is 27.2 Å². The second-order valence-corrected chi connectivity index (χ2v) is 4.01. The van der Waals surface area contributed by atoms with Crippen LogP contribution >= 0.6 is 0 Å². The van der Waals surface area contributed by atoms with E-state index in [1.165, 1.54) is 19.2 Å². The highest BCUT2D eigenvalue weighted by Crippen LogP contribution is 2.28. The molecule has 0 aliphatic carbocycles. The first-order valence-corrected chi connectivity index (χ1v) is 5.46. The monoisotopic (exact) mass is 259 g/mol. The largest absolute Gasteiger partial charge is 0.509 e. The SMILES string of the molecule is COC(=O)C1OCCc2c1cccc2[B-](F)(F)F. The van der Waals surface area contributed by atoms with E-state index in [0.29, 0.717) is 0 Å². The maximum Gasteiger partial charge on any atom is 0.509 e. The van der Waals surface area contributed by atoms with Gasteiger partial charge in [0.2, 0.25) is 0 Å². The summed E-state index contributed by atoms with van der Waals surface area (Å²) < 4.78 is 48.4. The minimum Gasteiger partial charge on any atom is -0.467 e. The van der Waals surface area contributed by atoms with Gasteiger partial charge in [0.05, 0.1) is 13.7 Å². The normalized spacial score (nSPS) is 19.2. The predicted molar refractivity (Wildman–Crippen MR) is 59.6 cm³/mol. The summed E-state index contributed by atoms with van der Waals surface area (Å²) in [5.41, 5.74) is -0.249. The van der Waals surface area contributed by atoms with Crippen LogP contribution in [-0.2, 0) is 20.7 Å². The van der Waals surface area contributed by atoms with Crippen molar-refractivity contribution in [2.45, 2.75) is 12.5 Å². The molecule has 0 N–H and O–H groups in total. The zero-order valence-corrected chi connectivity index (χ0v) is 9.66. The summed E-state index contributed by atoms with van der Waals surface area (Å²) in [4.78, 5) is 11.5. The number of carbonyl (C=O) groups excluding carboxylic acids is 1. The van der Waals surface area contributed by atoms with E-state index in [4.69, 9.17) is 4.74 Å². The fourth-order valence-corrected chi connectivity index (χ4v) is 2.13. The van der Waals surface area contributed by atoms with Crippen LogP contribution in [0.1, 0.15) is 17.2 Å². The van der Waals surface area contributed by atoms with Crippen LogP contribution in [0.2, 0.25) is 0 Å². The minimum atomic E-state index is -5.09. The summed E-state index contributed by atoms with van der Waals surface area (Å²) in [6.45, 7) is -5.01. The Bertz CT molecular complexity index is 473. The molecule has 0 amide bonds. The molecule has 7 heteroatoms. The van der Waals surface area contributed by atoms with Crippen molar-refractivity contribution in [1.29, 1.82) is 0 Å². The highest BCUT2D eigenvalue weighted by atomic mass is 19.4. The number of esters is 1. The number of halogens is 3. The fourth-order valence-electron chi connectivity index (χ4n) is 2.13. The second kappa shape index (κ2) is 4.64. The zero-order valence-electron chi connectivity index (χ0n) is 9.66. The van der Waals surface area contributed by atoms with Crippen molar-refractivity contribution in [2.24, 2.45) is 0 Å². The van der Waals surface area contributed by atoms with Crippen LogP contribution in [0.15, 0.2) is 18.2 Å². The molecule has 0 fully saturated rings. The van der Waals surface area contributed by atoms with E-state index in [1.54, 1.807) is 0 Å². The molecule has 98 valence electrons. The lowest BCUT2D eigenvalue weighted by atomic mass is 9.73. The Morgan fingerprint density at radius 3 is 2.78 bits per heavy atom. The third-order valence-electron chi connectivity index (χ3n) is 2.94. The number of ether oxygens (including phenoxy) is 2. The minimum absolute atomic E-state index is 0.0793. The molecule has 0 radical (unpaired) electrons. The molecule has 0 spiro atoms. The van der Waals surface area contributed by atoms with Crippen molar-refractivity contribution in [2.75, 3.05) is 13.7 Å². The molecular formula is C11H11BF3O3-. The maximum atomic E-state index is 12.9. The first kappa shape index (κ1) is 12.9. The molecule has 0 saturated heterocycles. The van der Waals surface area contributed by atoms with Crippen molar-refractivity contribution in [1.82, 2.24) is 0 Å². The standard InChI is InChI=1S/C11H11BF3O3/c1-17-11(16)10-8-3-2-4-9(12(13,14)15)7(8)5-6-18-10/h2-4,10H,5-6H2,1H3/q-1. The van der Waals surface area contributed by atoms with E-state index in [1.807, 2.05) is 0 Å². The van der Waals surface area contributed by atoms with Gasteiger partial charge in [0.1, 0.15) is 0 Å². The molecule has 0 aromatic heterocycles. The van der Waals surface area contributed by atoms with Gasteiger partial charge >= 0.3 is 12.9 Å². The van der Waals surface area contributed by atoms with Crippen LogP contribution in [0.25, 0.3) is 0 Å². The van der Waals surface area contributed by atoms with E-state index in [2.05, 4.69) is 4.74 Å². The zero-order chi connectivity index (χ0) is 13.3. The van der Waals surface area contributed by atoms with Gasteiger partial charge in [-0.3, -0.25) is 0 Å². The number of rotatable bonds is 2. The third-order valence-corrected chi connectivity index (χ3v) is 2.94. The van der Waals surface area contributed by atoms with Gasteiger partial charge in [0.25, 0.3) is 0 Å². The van der Waals surface area contributed by atoms with Crippen LogP contribution in [0, 0.1) is 0 Å². The van der Waals surface area contributed by atoms with Crippen LogP contribution < -0.4 is 5.46 Å². The smallest absolute Gasteiger partial charge is 0.467 e. The van der Waals surface area contributed by atoms with Crippen molar-refractivity contribution >= 4 is 18.4 Å². The van der Waals surface area contributed by atoms with Gasteiger partial charge in [0.15, 0.2) is 6.10 Å². The number of methoxy groups -OCH3 is 1. The third kappa shape index (κ3) is 2.22. The molecule has 2 rings (SSSR count). The molecule has 1 aliphatic heterocycles. The molecule has 0 bridgehead atoms. The number of fused-ring (bicyclic) bond motifs is 1. The van der Waals surface area contributed by atoms with Gasteiger partial charge in [0, 0.05) is 0 Å². The Morgan fingerprint density at radius 1 is 1.44 bits per heavy atom. The fraction of sp³-hybridized carbons (Fsp3) is 0.364. The van der Waals surface area contributed by atoms with Crippen LogP contribution in [0.4, 0.5) is 12.9 Å². The first-order chi connectivity index (χ1) is 8.45. The predicted octanol–water partition coefficient (Wildman–Crippen LogP) is 1.53. The van der Waals surface area contributed by atoms with Gasteiger partial charge in [-0.1, -0.05) is 23.8 Å². The molecule has 1 aromatic rings. The Morgan fingerprint density at radius 2 is 2.17 bits per heavy atom. The van der Waals surface area contributed by atoms with Crippen LogP contribution in [-0.4, -0.2) is 26.7 Å². The lowest BCUT2D eigenvalue weighted by Crippen LogP contribution is -2.40. The molecule has 3 nitrogen and oxygen atoms in total. The van der Waals surface area contributed by atoms with Crippen molar-refractivity contribution in [3.8, 4) is 0 Å². The molecule has 1 atom stereocenters. The van der Waals surface area contributed by atoms with E-state index >= 15 is 0 Å². The van der Waals surface area contributed by atoms with E-state index < -0.39 is 24.5 Å². The van der Waals surface area contributed by atoms with Crippen LogP contribution in [0.5, 0.6) is 0 Å². The molecule has 18 heavy (non-hydrogen) atoms. The summed E-state index contributed by atoms with van der Waals surface area (Å²) in [7, 11) is 1.18. The van der Waals surface area contributed by atoms with Gasteiger partial charge in [-0.2, -0.15) is 0 Å². The number of hydrogen-bond donors (Lipinski definition) is 0. The van der Waals surface area contributed by atoms with Gasteiger partial charge < -0.3 is 22.4 Å². The topological polar surface area (TPSA) is 35.5 Å². The Kier molecular flexibility index (Phi) is 3.34. The lowest BCUT2D eigenvalue weighted by molar-refractivity contribution is -0.155. The summed E-state index contributed by atoms with van der Waals surface area (Å²) in [5, 5.41) is 0. The van der Waals surface area contributed by atoms with E-state index in [-0.39, 0.29) is 24.2 Å². The summed E-state index contributed by atoms with van der Waals surface area (Å²) in [5.74, 6) is -0.678. The number of benzene rings is 1. The molecule has 0 saturated carbocycles. The molecule has 1 aromatic carbocycles.